The highest BCUT2D eigenvalue weighted by Crippen LogP contribution is 2.18. The lowest BCUT2D eigenvalue weighted by Crippen LogP contribution is -2.22. The molecule has 2 nitrogen and oxygen atoms in total. The third-order valence-electron chi connectivity index (χ3n) is 2.75. The lowest BCUT2D eigenvalue weighted by molar-refractivity contribution is 0.0443. The summed E-state index contributed by atoms with van der Waals surface area (Å²) in [6, 6.07) is 10.6. The number of rotatable bonds is 5. The van der Waals surface area contributed by atoms with E-state index >= 15 is 0 Å². The van der Waals surface area contributed by atoms with Gasteiger partial charge in [-0.3, -0.25) is 0 Å². The Hall–Kier alpha value is -0.130. The summed E-state index contributed by atoms with van der Waals surface area (Å²) in [6.45, 7) is 2.44. The van der Waals surface area contributed by atoms with Crippen molar-refractivity contribution in [2.24, 2.45) is 0 Å². The van der Waals surface area contributed by atoms with Crippen molar-refractivity contribution in [3.05, 3.63) is 35.9 Å². The molecule has 1 saturated heterocycles. The fourth-order valence-electron chi connectivity index (χ4n) is 1.82. The zero-order chi connectivity index (χ0) is 11.2. The molecule has 1 aliphatic rings. The normalized spacial score (nSPS) is 24.8. The van der Waals surface area contributed by atoms with Crippen LogP contribution < -0.4 is 0 Å². The number of aryl methyl sites for hydroxylation is 1. The van der Waals surface area contributed by atoms with Gasteiger partial charge in [-0.05, 0) is 18.4 Å². The first-order chi connectivity index (χ1) is 7.86. The van der Waals surface area contributed by atoms with Crippen molar-refractivity contribution in [1.29, 1.82) is 0 Å². The van der Waals surface area contributed by atoms with E-state index in [1.807, 2.05) is 0 Å². The van der Waals surface area contributed by atoms with Crippen molar-refractivity contribution in [3.8, 4) is 0 Å². The van der Waals surface area contributed by atoms with E-state index < -0.39 is 0 Å². The van der Waals surface area contributed by atoms with Crippen LogP contribution in [-0.2, 0) is 15.9 Å². The summed E-state index contributed by atoms with van der Waals surface area (Å²) in [5.74, 6) is 0. The molecule has 2 rings (SSSR count). The molecule has 16 heavy (non-hydrogen) atoms. The molecular weight excluding hydrogens is 315 g/mol. The summed E-state index contributed by atoms with van der Waals surface area (Å²) in [7, 11) is 0. The Morgan fingerprint density at radius 2 is 2.06 bits per heavy atom. The average Bonchev–Trinajstić information content (AvgIpc) is 2.72. The van der Waals surface area contributed by atoms with E-state index in [-0.39, 0.29) is 0 Å². The minimum Gasteiger partial charge on any atom is -0.378 e. The second-order valence-electron chi connectivity index (χ2n) is 4.05. The first kappa shape index (κ1) is 12.3. The number of benzene rings is 1. The maximum absolute atomic E-state index is 5.80. The molecule has 0 amide bonds. The van der Waals surface area contributed by atoms with Crippen molar-refractivity contribution < 1.29 is 9.47 Å². The van der Waals surface area contributed by atoms with Crippen molar-refractivity contribution in [1.82, 2.24) is 0 Å². The minimum absolute atomic E-state index is 0.302. The third kappa shape index (κ3) is 3.71. The van der Waals surface area contributed by atoms with Crippen LogP contribution in [0.4, 0.5) is 0 Å². The van der Waals surface area contributed by atoms with Crippen molar-refractivity contribution >= 4 is 22.6 Å². The topological polar surface area (TPSA) is 18.5 Å². The van der Waals surface area contributed by atoms with E-state index in [9.17, 15) is 0 Å². The fraction of sp³-hybridized carbons (Fsp3) is 0.538. The van der Waals surface area contributed by atoms with Gasteiger partial charge >= 0.3 is 0 Å². The van der Waals surface area contributed by atoms with E-state index in [0.29, 0.717) is 10.0 Å². The number of halogens is 1. The molecule has 88 valence electrons. The molecular formula is C13H17IO2. The van der Waals surface area contributed by atoms with Crippen LogP contribution in [0.5, 0.6) is 0 Å². The van der Waals surface area contributed by atoms with Crippen molar-refractivity contribution in [3.63, 3.8) is 0 Å². The van der Waals surface area contributed by atoms with Gasteiger partial charge in [0.1, 0.15) is 0 Å². The van der Waals surface area contributed by atoms with Gasteiger partial charge in [-0.2, -0.15) is 0 Å². The van der Waals surface area contributed by atoms with Crippen LogP contribution in [0.15, 0.2) is 30.3 Å². The van der Waals surface area contributed by atoms with E-state index in [2.05, 4.69) is 52.9 Å². The molecule has 0 aromatic heterocycles. The minimum atomic E-state index is 0.302. The van der Waals surface area contributed by atoms with Crippen LogP contribution in [0.1, 0.15) is 12.0 Å². The molecule has 0 aliphatic carbocycles. The molecule has 0 bridgehead atoms. The van der Waals surface area contributed by atoms with Crippen LogP contribution in [-0.4, -0.2) is 29.8 Å². The zero-order valence-electron chi connectivity index (χ0n) is 9.27. The van der Waals surface area contributed by atoms with Crippen LogP contribution in [0.3, 0.4) is 0 Å². The Kier molecular flexibility index (Phi) is 5.06. The lowest BCUT2D eigenvalue weighted by atomic mass is 10.1. The van der Waals surface area contributed by atoms with Gasteiger partial charge in [-0.1, -0.05) is 52.9 Å². The van der Waals surface area contributed by atoms with Crippen molar-refractivity contribution in [2.75, 3.05) is 19.8 Å². The van der Waals surface area contributed by atoms with Crippen LogP contribution in [0.25, 0.3) is 0 Å². The highest BCUT2D eigenvalue weighted by atomic mass is 127. The molecule has 0 saturated carbocycles. The van der Waals surface area contributed by atoms with Crippen LogP contribution >= 0.6 is 22.6 Å². The predicted octanol–water partition coefficient (Wildman–Crippen LogP) is 2.84. The van der Waals surface area contributed by atoms with E-state index in [1.54, 1.807) is 0 Å². The van der Waals surface area contributed by atoms with Gasteiger partial charge in [-0.15, -0.1) is 0 Å². The van der Waals surface area contributed by atoms with Gasteiger partial charge in [0, 0.05) is 6.61 Å². The van der Waals surface area contributed by atoms with E-state index in [0.717, 1.165) is 32.7 Å². The van der Waals surface area contributed by atoms with Crippen molar-refractivity contribution in [2.45, 2.75) is 22.9 Å². The second kappa shape index (κ2) is 6.57. The summed E-state index contributed by atoms with van der Waals surface area (Å²) < 4.78 is 11.7. The summed E-state index contributed by atoms with van der Waals surface area (Å²) in [5.41, 5.74) is 1.39. The highest BCUT2D eigenvalue weighted by molar-refractivity contribution is 14.1. The Balaban J connectivity index is 1.62. The molecule has 0 radical (unpaired) electrons. The first-order valence-corrected chi connectivity index (χ1v) is 6.98. The monoisotopic (exact) mass is 332 g/mol. The van der Waals surface area contributed by atoms with Gasteiger partial charge in [0.2, 0.25) is 0 Å². The lowest BCUT2D eigenvalue weighted by Gasteiger charge is -2.13. The Morgan fingerprint density at radius 1 is 1.25 bits per heavy atom. The molecule has 1 aromatic carbocycles. The molecule has 1 heterocycles. The quantitative estimate of drug-likeness (QED) is 0.469. The second-order valence-corrected chi connectivity index (χ2v) is 5.65. The Bertz CT molecular complexity index is 302. The van der Waals surface area contributed by atoms with Gasteiger partial charge in [-0.25, -0.2) is 0 Å². The number of hydrogen-bond donors (Lipinski definition) is 0. The predicted molar refractivity (Wildman–Crippen MR) is 73.1 cm³/mol. The van der Waals surface area contributed by atoms with Gasteiger partial charge in [0.05, 0.1) is 23.2 Å². The van der Waals surface area contributed by atoms with Gasteiger partial charge < -0.3 is 9.47 Å². The first-order valence-electron chi connectivity index (χ1n) is 5.73. The fourth-order valence-corrected chi connectivity index (χ4v) is 2.49. The Labute approximate surface area is 110 Å². The standard InChI is InChI=1S/C13H17IO2/c14-12-9-15-10-13(12)16-8-4-7-11-5-2-1-3-6-11/h1-3,5-6,12-13H,4,7-10H2. The molecule has 1 fully saturated rings. The molecule has 0 spiro atoms. The van der Waals surface area contributed by atoms with Gasteiger partial charge in [0.25, 0.3) is 0 Å². The molecule has 1 aliphatic heterocycles. The third-order valence-corrected chi connectivity index (χ3v) is 3.91. The average molecular weight is 332 g/mol. The summed E-state index contributed by atoms with van der Waals surface area (Å²) in [6.07, 6.45) is 2.49. The van der Waals surface area contributed by atoms with Crippen LogP contribution in [0.2, 0.25) is 0 Å². The summed E-state index contributed by atoms with van der Waals surface area (Å²) in [4.78, 5) is 0. The van der Waals surface area contributed by atoms with Crippen LogP contribution in [0, 0.1) is 0 Å². The summed E-state index contributed by atoms with van der Waals surface area (Å²) in [5, 5.41) is 0. The molecule has 1 aromatic rings. The molecule has 2 atom stereocenters. The summed E-state index contributed by atoms with van der Waals surface area (Å²) >= 11 is 2.41. The van der Waals surface area contributed by atoms with E-state index in [1.165, 1.54) is 5.56 Å². The smallest absolute Gasteiger partial charge is 0.0948 e. The molecule has 3 heteroatoms. The zero-order valence-corrected chi connectivity index (χ0v) is 11.4. The largest absolute Gasteiger partial charge is 0.378 e. The number of hydrogen-bond acceptors (Lipinski definition) is 2. The maximum Gasteiger partial charge on any atom is 0.0948 e. The molecule has 2 unspecified atom stereocenters. The highest BCUT2D eigenvalue weighted by Gasteiger charge is 2.25. The molecule has 0 N–H and O–H groups in total. The van der Waals surface area contributed by atoms with Gasteiger partial charge in [0.15, 0.2) is 0 Å². The Morgan fingerprint density at radius 3 is 2.75 bits per heavy atom. The maximum atomic E-state index is 5.80. The number of alkyl halides is 1. The SMILES string of the molecule is IC1COCC1OCCCc1ccccc1. The van der Waals surface area contributed by atoms with E-state index in [4.69, 9.17) is 9.47 Å². The number of ether oxygens (including phenoxy) is 2.